The van der Waals surface area contributed by atoms with Crippen LogP contribution in [0.2, 0.25) is 0 Å². The number of nitrogens with one attached hydrogen (secondary N) is 1. The molecule has 1 aliphatic rings. The number of rotatable bonds is 4. The lowest BCUT2D eigenvalue weighted by Crippen LogP contribution is -2.34. The maximum Gasteiger partial charge on any atom is 0.407 e. The van der Waals surface area contributed by atoms with Gasteiger partial charge >= 0.3 is 6.09 Å². The predicted octanol–water partition coefficient (Wildman–Crippen LogP) is 2.20. The number of hydrogen-bond acceptors (Lipinski definition) is 2. The first-order chi connectivity index (χ1) is 8.25. The fourth-order valence-electron chi connectivity index (χ4n) is 2.20. The SMILES string of the molecule is Cl.O=C(O)N(Cc1ccccc1)CC1CCNC1. The van der Waals surface area contributed by atoms with Gasteiger partial charge in [0.2, 0.25) is 0 Å². The van der Waals surface area contributed by atoms with Gasteiger partial charge in [-0.3, -0.25) is 0 Å². The maximum atomic E-state index is 11.2. The number of carbonyl (C=O) groups is 1. The van der Waals surface area contributed by atoms with Crippen LogP contribution in [-0.2, 0) is 6.54 Å². The van der Waals surface area contributed by atoms with Gasteiger partial charge in [0, 0.05) is 13.1 Å². The van der Waals surface area contributed by atoms with Crippen LogP contribution in [0.15, 0.2) is 30.3 Å². The zero-order valence-corrected chi connectivity index (χ0v) is 11.0. The highest BCUT2D eigenvalue weighted by molar-refractivity contribution is 5.85. The standard InChI is InChI=1S/C13H18N2O2.ClH/c16-13(17)15(10-12-6-7-14-8-12)9-11-4-2-1-3-5-11;/h1-5,12,14H,6-10H2,(H,16,17);1H. The molecule has 1 unspecified atom stereocenters. The quantitative estimate of drug-likeness (QED) is 0.882. The molecule has 1 aromatic carbocycles. The van der Waals surface area contributed by atoms with E-state index in [-0.39, 0.29) is 12.4 Å². The van der Waals surface area contributed by atoms with Crippen LogP contribution in [0, 0.1) is 5.92 Å². The summed E-state index contributed by atoms with van der Waals surface area (Å²) in [7, 11) is 0. The topological polar surface area (TPSA) is 52.6 Å². The van der Waals surface area contributed by atoms with Crippen LogP contribution in [-0.4, -0.2) is 35.7 Å². The Morgan fingerprint density at radius 2 is 2.11 bits per heavy atom. The van der Waals surface area contributed by atoms with Crippen LogP contribution in [0.4, 0.5) is 4.79 Å². The molecule has 1 aliphatic heterocycles. The molecule has 0 saturated carbocycles. The van der Waals surface area contributed by atoms with Gasteiger partial charge in [-0.25, -0.2) is 4.79 Å². The van der Waals surface area contributed by atoms with Crippen molar-refractivity contribution in [2.75, 3.05) is 19.6 Å². The van der Waals surface area contributed by atoms with Gasteiger partial charge in [-0.15, -0.1) is 12.4 Å². The highest BCUT2D eigenvalue weighted by Crippen LogP contribution is 2.12. The third-order valence-corrected chi connectivity index (χ3v) is 3.13. The van der Waals surface area contributed by atoms with Gasteiger partial charge in [-0.05, 0) is 31.0 Å². The average molecular weight is 271 g/mol. The zero-order chi connectivity index (χ0) is 12.1. The Balaban J connectivity index is 0.00000162. The second-order valence-electron chi connectivity index (χ2n) is 4.51. The van der Waals surface area contributed by atoms with Gasteiger partial charge in [0.25, 0.3) is 0 Å². The lowest BCUT2D eigenvalue weighted by molar-refractivity contribution is 0.135. The summed E-state index contributed by atoms with van der Waals surface area (Å²) in [5.41, 5.74) is 1.04. The lowest BCUT2D eigenvalue weighted by atomic mass is 10.1. The number of carboxylic acid groups (broad SMARTS) is 1. The van der Waals surface area contributed by atoms with Crippen molar-refractivity contribution in [1.82, 2.24) is 10.2 Å². The van der Waals surface area contributed by atoms with Crippen molar-refractivity contribution in [3.05, 3.63) is 35.9 Å². The third-order valence-electron chi connectivity index (χ3n) is 3.13. The first kappa shape index (κ1) is 14.8. The van der Waals surface area contributed by atoms with Crippen molar-refractivity contribution in [1.29, 1.82) is 0 Å². The van der Waals surface area contributed by atoms with Crippen molar-refractivity contribution >= 4 is 18.5 Å². The molecule has 0 bridgehead atoms. The minimum atomic E-state index is -0.833. The molecule has 0 spiro atoms. The van der Waals surface area contributed by atoms with Crippen LogP contribution >= 0.6 is 12.4 Å². The van der Waals surface area contributed by atoms with E-state index in [4.69, 9.17) is 0 Å². The summed E-state index contributed by atoms with van der Waals surface area (Å²) in [6.07, 6.45) is 0.235. The Labute approximate surface area is 113 Å². The molecule has 2 rings (SSSR count). The van der Waals surface area contributed by atoms with E-state index in [1.165, 1.54) is 4.90 Å². The monoisotopic (exact) mass is 270 g/mol. The molecule has 1 atom stereocenters. The van der Waals surface area contributed by atoms with Crippen molar-refractivity contribution in [2.24, 2.45) is 5.92 Å². The molecule has 1 amide bonds. The Morgan fingerprint density at radius 1 is 1.39 bits per heavy atom. The van der Waals surface area contributed by atoms with Gasteiger partial charge in [0.05, 0.1) is 0 Å². The molecular weight excluding hydrogens is 252 g/mol. The van der Waals surface area contributed by atoms with Crippen LogP contribution in [0.5, 0.6) is 0 Å². The van der Waals surface area contributed by atoms with Gasteiger partial charge in [-0.2, -0.15) is 0 Å². The fourth-order valence-corrected chi connectivity index (χ4v) is 2.20. The molecule has 5 heteroatoms. The first-order valence-corrected chi connectivity index (χ1v) is 5.98. The van der Waals surface area contributed by atoms with E-state index in [2.05, 4.69) is 5.32 Å². The van der Waals surface area contributed by atoms with E-state index in [1.807, 2.05) is 30.3 Å². The largest absolute Gasteiger partial charge is 0.465 e. The van der Waals surface area contributed by atoms with Crippen molar-refractivity contribution in [3.63, 3.8) is 0 Å². The van der Waals surface area contributed by atoms with E-state index in [0.29, 0.717) is 19.0 Å². The predicted molar refractivity (Wildman–Crippen MR) is 73.1 cm³/mol. The van der Waals surface area contributed by atoms with Gasteiger partial charge in [-0.1, -0.05) is 30.3 Å². The van der Waals surface area contributed by atoms with Crippen molar-refractivity contribution in [3.8, 4) is 0 Å². The first-order valence-electron chi connectivity index (χ1n) is 5.98. The molecule has 1 heterocycles. The van der Waals surface area contributed by atoms with E-state index in [9.17, 15) is 9.90 Å². The highest BCUT2D eigenvalue weighted by Gasteiger charge is 2.21. The van der Waals surface area contributed by atoms with Crippen molar-refractivity contribution in [2.45, 2.75) is 13.0 Å². The summed E-state index contributed by atoms with van der Waals surface area (Å²) < 4.78 is 0. The van der Waals surface area contributed by atoms with Crippen LogP contribution in [0.3, 0.4) is 0 Å². The molecule has 0 radical (unpaired) electrons. The molecule has 18 heavy (non-hydrogen) atoms. The average Bonchev–Trinajstić information content (AvgIpc) is 2.82. The molecular formula is C13H19ClN2O2. The number of nitrogens with zero attached hydrogens (tertiary/aromatic N) is 1. The zero-order valence-electron chi connectivity index (χ0n) is 10.2. The highest BCUT2D eigenvalue weighted by atomic mass is 35.5. The molecule has 0 aliphatic carbocycles. The number of halogens is 1. The molecule has 2 N–H and O–H groups in total. The second kappa shape index (κ2) is 7.24. The van der Waals surface area contributed by atoms with Gasteiger partial charge in [0.1, 0.15) is 0 Å². The summed E-state index contributed by atoms with van der Waals surface area (Å²) >= 11 is 0. The number of hydrogen-bond donors (Lipinski definition) is 2. The Hall–Kier alpha value is -1.26. The minimum Gasteiger partial charge on any atom is -0.465 e. The van der Waals surface area contributed by atoms with Gasteiger partial charge < -0.3 is 15.3 Å². The number of amides is 1. The van der Waals surface area contributed by atoms with E-state index in [0.717, 1.165) is 25.1 Å². The van der Waals surface area contributed by atoms with Gasteiger partial charge in [0.15, 0.2) is 0 Å². The van der Waals surface area contributed by atoms with Crippen LogP contribution in [0.1, 0.15) is 12.0 Å². The van der Waals surface area contributed by atoms with Crippen molar-refractivity contribution < 1.29 is 9.90 Å². The molecule has 1 saturated heterocycles. The van der Waals surface area contributed by atoms with Crippen LogP contribution in [0.25, 0.3) is 0 Å². The normalized spacial score (nSPS) is 18.1. The lowest BCUT2D eigenvalue weighted by Gasteiger charge is -2.22. The summed E-state index contributed by atoms with van der Waals surface area (Å²) in [5.74, 6) is 0.454. The summed E-state index contributed by atoms with van der Waals surface area (Å²) in [5, 5.41) is 12.5. The molecule has 0 aromatic heterocycles. The molecule has 100 valence electrons. The smallest absolute Gasteiger partial charge is 0.407 e. The summed E-state index contributed by atoms with van der Waals surface area (Å²) in [4.78, 5) is 12.7. The summed E-state index contributed by atoms with van der Waals surface area (Å²) in [6, 6.07) is 9.74. The summed E-state index contributed by atoms with van der Waals surface area (Å²) in [6.45, 7) is 3.03. The Morgan fingerprint density at radius 3 is 2.67 bits per heavy atom. The third kappa shape index (κ3) is 4.20. The number of benzene rings is 1. The Bertz CT molecular complexity index is 367. The second-order valence-corrected chi connectivity index (χ2v) is 4.51. The van der Waals surface area contributed by atoms with E-state index in [1.54, 1.807) is 0 Å². The molecule has 1 fully saturated rings. The maximum absolute atomic E-state index is 11.2. The molecule has 4 nitrogen and oxygen atoms in total. The molecule has 1 aromatic rings. The van der Waals surface area contributed by atoms with E-state index >= 15 is 0 Å². The fraction of sp³-hybridized carbons (Fsp3) is 0.462. The van der Waals surface area contributed by atoms with E-state index < -0.39 is 6.09 Å². The Kier molecular flexibility index (Phi) is 5.95. The minimum absolute atomic E-state index is 0. The van der Waals surface area contributed by atoms with Crippen LogP contribution < -0.4 is 5.32 Å².